The number of aromatic nitrogens is 1. The highest BCUT2D eigenvalue weighted by Crippen LogP contribution is 2.20. The molecule has 6 nitrogen and oxygen atoms in total. The summed E-state index contributed by atoms with van der Waals surface area (Å²) < 4.78 is 5.60. The summed E-state index contributed by atoms with van der Waals surface area (Å²) in [7, 11) is 0. The maximum absolute atomic E-state index is 9.64. The summed E-state index contributed by atoms with van der Waals surface area (Å²) in [5.41, 5.74) is 2.98. The molecule has 0 unspecified atom stereocenters. The van der Waals surface area contributed by atoms with Gasteiger partial charge in [0.15, 0.2) is 5.96 Å². The van der Waals surface area contributed by atoms with Gasteiger partial charge in [0.25, 0.3) is 0 Å². The average molecular weight is 484 g/mol. The molecule has 1 saturated carbocycles. The van der Waals surface area contributed by atoms with E-state index in [-0.39, 0.29) is 30.1 Å². The number of aryl methyl sites for hydroxylation is 1. The first-order valence-corrected chi connectivity index (χ1v) is 9.38. The van der Waals surface area contributed by atoms with Gasteiger partial charge in [0.1, 0.15) is 12.0 Å². The van der Waals surface area contributed by atoms with Crippen LogP contribution in [0.15, 0.2) is 39.9 Å². The molecule has 1 aliphatic rings. The first kappa shape index (κ1) is 21.7. The van der Waals surface area contributed by atoms with Crippen molar-refractivity contribution in [3.63, 3.8) is 0 Å². The molecule has 0 atom stereocenters. The van der Waals surface area contributed by atoms with Crippen LogP contribution in [0, 0.1) is 6.92 Å². The number of hydrogen-bond acceptors (Lipinski definition) is 4. The van der Waals surface area contributed by atoms with Gasteiger partial charge in [-0.3, -0.25) is 0 Å². The maximum atomic E-state index is 9.64. The lowest BCUT2D eigenvalue weighted by molar-refractivity contribution is 0.120. The van der Waals surface area contributed by atoms with Crippen LogP contribution in [0.5, 0.6) is 0 Å². The molecule has 1 fully saturated rings. The van der Waals surface area contributed by atoms with Crippen LogP contribution >= 0.6 is 24.0 Å². The molecule has 3 rings (SSSR count). The predicted molar refractivity (Wildman–Crippen MR) is 118 cm³/mol. The van der Waals surface area contributed by atoms with Gasteiger partial charge in [0.05, 0.1) is 12.6 Å². The number of aliphatic hydroxyl groups is 1. The Morgan fingerprint density at radius 3 is 2.59 bits per heavy atom. The molecule has 0 saturated heterocycles. The molecule has 2 aromatic rings. The van der Waals surface area contributed by atoms with Crippen molar-refractivity contribution in [2.75, 3.05) is 6.54 Å². The molecule has 0 radical (unpaired) electrons. The van der Waals surface area contributed by atoms with Crippen molar-refractivity contribution in [2.45, 2.75) is 58.2 Å². The van der Waals surface area contributed by atoms with E-state index in [0.29, 0.717) is 18.5 Å². The van der Waals surface area contributed by atoms with Crippen molar-refractivity contribution in [1.82, 2.24) is 15.6 Å². The standard InChI is InChI=1S/C20H28N4O2.HI/c1-3-21-20(24-16-8-10-18(25)11-9-16)22-12-17-13-26-19(23-17)15-6-4-14(2)5-7-15;/h4-7,13,16,18,25H,3,8-12H2,1-2H3,(H2,21,22,24);1H. The average Bonchev–Trinajstić information content (AvgIpc) is 3.11. The summed E-state index contributed by atoms with van der Waals surface area (Å²) in [6, 6.07) is 8.48. The minimum atomic E-state index is -0.150. The molecular formula is C20H29IN4O2. The van der Waals surface area contributed by atoms with E-state index in [2.05, 4.69) is 27.5 Å². The molecule has 0 spiro atoms. The SMILES string of the molecule is CCNC(=NCc1coc(-c2ccc(C)cc2)n1)NC1CCC(O)CC1.I. The minimum Gasteiger partial charge on any atom is -0.444 e. The highest BCUT2D eigenvalue weighted by Gasteiger charge is 2.20. The van der Waals surface area contributed by atoms with Crippen molar-refractivity contribution in [3.05, 3.63) is 41.8 Å². The zero-order chi connectivity index (χ0) is 18.4. The van der Waals surface area contributed by atoms with Crippen LogP contribution in [0.2, 0.25) is 0 Å². The Labute approximate surface area is 177 Å². The van der Waals surface area contributed by atoms with E-state index in [1.807, 2.05) is 31.2 Å². The highest BCUT2D eigenvalue weighted by molar-refractivity contribution is 14.0. The maximum Gasteiger partial charge on any atom is 0.226 e. The van der Waals surface area contributed by atoms with Crippen LogP contribution in [0.1, 0.15) is 43.9 Å². The predicted octanol–water partition coefficient (Wildman–Crippen LogP) is 3.63. The molecule has 1 heterocycles. The van der Waals surface area contributed by atoms with Crippen molar-refractivity contribution in [3.8, 4) is 11.5 Å². The van der Waals surface area contributed by atoms with E-state index in [0.717, 1.165) is 49.4 Å². The minimum absolute atomic E-state index is 0. The first-order valence-electron chi connectivity index (χ1n) is 9.38. The van der Waals surface area contributed by atoms with Gasteiger partial charge in [0.2, 0.25) is 5.89 Å². The smallest absolute Gasteiger partial charge is 0.226 e. The fourth-order valence-electron chi connectivity index (χ4n) is 3.10. The highest BCUT2D eigenvalue weighted by atomic mass is 127. The second-order valence-corrected chi connectivity index (χ2v) is 6.85. The van der Waals surface area contributed by atoms with Gasteiger partial charge < -0.3 is 20.2 Å². The van der Waals surface area contributed by atoms with Gasteiger partial charge in [-0.25, -0.2) is 9.98 Å². The van der Waals surface area contributed by atoms with Crippen LogP contribution in [-0.4, -0.2) is 34.7 Å². The summed E-state index contributed by atoms with van der Waals surface area (Å²) in [6.45, 7) is 5.36. The number of guanidine groups is 1. The van der Waals surface area contributed by atoms with Gasteiger partial charge in [-0.1, -0.05) is 17.7 Å². The molecule has 0 amide bonds. The van der Waals surface area contributed by atoms with E-state index < -0.39 is 0 Å². The van der Waals surface area contributed by atoms with E-state index in [1.54, 1.807) is 6.26 Å². The molecule has 148 valence electrons. The van der Waals surface area contributed by atoms with Gasteiger partial charge in [-0.15, -0.1) is 24.0 Å². The number of oxazole rings is 1. The summed E-state index contributed by atoms with van der Waals surface area (Å²) in [4.78, 5) is 9.16. The number of aliphatic imine (C=N–C) groups is 1. The number of hydrogen-bond donors (Lipinski definition) is 3. The Hall–Kier alpha value is -1.61. The Morgan fingerprint density at radius 2 is 1.93 bits per heavy atom. The van der Waals surface area contributed by atoms with E-state index in [4.69, 9.17) is 4.42 Å². The van der Waals surface area contributed by atoms with Crippen molar-refractivity contribution in [1.29, 1.82) is 0 Å². The molecule has 3 N–H and O–H groups in total. The van der Waals surface area contributed by atoms with E-state index >= 15 is 0 Å². The largest absolute Gasteiger partial charge is 0.444 e. The summed E-state index contributed by atoms with van der Waals surface area (Å²) in [6.07, 6.45) is 5.14. The molecule has 1 aliphatic carbocycles. The molecular weight excluding hydrogens is 455 g/mol. The Morgan fingerprint density at radius 1 is 1.22 bits per heavy atom. The van der Waals surface area contributed by atoms with Crippen LogP contribution in [0.3, 0.4) is 0 Å². The zero-order valence-corrected chi connectivity index (χ0v) is 18.3. The van der Waals surface area contributed by atoms with Crippen LogP contribution in [0.25, 0.3) is 11.5 Å². The zero-order valence-electron chi connectivity index (χ0n) is 15.9. The first-order chi connectivity index (χ1) is 12.6. The lowest BCUT2D eigenvalue weighted by Crippen LogP contribution is -2.45. The molecule has 1 aromatic carbocycles. The lowest BCUT2D eigenvalue weighted by Gasteiger charge is -2.27. The Balaban J connectivity index is 0.00000261. The Bertz CT molecular complexity index is 722. The normalized spacial score (nSPS) is 20.0. The molecule has 27 heavy (non-hydrogen) atoms. The number of aliphatic hydroxyl groups excluding tert-OH is 1. The van der Waals surface area contributed by atoms with Gasteiger partial charge in [-0.05, 0) is 51.7 Å². The molecule has 7 heteroatoms. The third-order valence-electron chi connectivity index (χ3n) is 4.63. The van der Waals surface area contributed by atoms with Crippen molar-refractivity contribution in [2.24, 2.45) is 4.99 Å². The Kier molecular flexibility index (Phi) is 8.56. The summed E-state index contributed by atoms with van der Waals surface area (Å²) >= 11 is 0. The fraction of sp³-hybridized carbons (Fsp3) is 0.500. The quantitative estimate of drug-likeness (QED) is 0.343. The van der Waals surface area contributed by atoms with E-state index in [1.165, 1.54) is 5.56 Å². The fourth-order valence-corrected chi connectivity index (χ4v) is 3.10. The number of benzene rings is 1. The van der Waals surface area contributed by atoms with Gasteiger partial charge >= 0.3 is 0 Å². The van der Waals surface area contributed by atoms with Crippen LogP contribution in [0.4, 0.5) is 0 Å². The van der Waals surface area contributed by atoms with Gasteiger partial charge in [0, 0.05) is 18.2 Å². The number of halogens is 1. The van der Waals surface area contributed by atoms with Gasteiger partial charge in [-0.2, -0.15) is 0 Å². The summed E-state index contributed by atoms with van der Waals surface area (Å²) in [5.74, 6) is 1.41. The number of rotatable bonds is 5. The lowest BCUT2D eigenvalue weighted by atomic mass is 9.93. The van der Waals surface area contributed by atoms with Crippen molar-refractivity contribution < 1.29 is 9.52 Å². The number of nitrogens with zero attached hydrogens (tertiary/aromatic N) is 2. The second kappa shape index (κ2) is 10.7. The molecule has 1 aromatic heterocycles. The van der Waals surface area contributed by atoms with Crippen LogP contribution in [-0.2, 0) is 6.54 Å². The monoisotopic (exact) mass is 484 g/mol. The molecule has 0 aliphatic heterocycles. The third kappa shape index (κ3) is 6.49. The number of nitrogens with one attached hydrogen (secondary N) is 2. The topological polar surface area (TPSA) is 82.7 Å². The van der Waals surface area contributed by atoms with Crippen LogP contribution < -0.4 is 10.6 Å². The van der Waals surface area contributed by atoms with E-state index in [9.17, 15) is 5.11 Å². The second-order valence-electron chi connectivity index (χ2n) is 6.85. The summed E-state index contributed by atoms with van der Waals surface area (Å²) in [5, 5.41) is 16.4. The third-order valence-corrected chi connectivity index (χ3v) is 4.63. The molecule has 0 bridgehead atoms. The van der Waals surface area contributed by atoms with Crippen molar-refractivity contribution >= 4 is 29.9 Å².